The Balaban J connectivity index is 1.72. The zero-order valence-electron chi connectivity index (χ0n) is 17.2. The fraction of sp³-hybridized carbons (Fsp3) is 0.318. The quantitative estimate of drug-likeness (QED) is 0.321. The summed E-state index contributed by atoms with van der Waals surface area (Å²) in [7, 11) is 0. The maximum atomic E-state index is 15.2. The number of halogens is 3. The molecule has 0 bridgehead atoms. The van der Waals surface area contributed by atoms with E-state index in [4.69, 9.17) is 26.8 Å². The largest absolute Gasteiger partial charge is 0.484 e. The van der Waals surface area contributed by atoms with Gasteiger partial charge in [-0.2, -0.15) is 8.78 Å². The third-order valence-corrected chi connectivity index (χ3v) is 7.00. The summed E-state index contributed by atoms with van der Waals surface area (Å²) < 4.78 is 42.0. The number of aliphatic hydroxyl groups is 1. The Morgan fingerprint density at radius 3 is 2.76 bits per heavy atom. The van der Waals surface area contributed by atoms with E-state index in [1.807, 2.05) is 0 Å². The molecule has 0 saturated heterocycles. The van der Waals surface area contributed by atoms with Gasteiger partial charge in [0.05, 0.1) is 45.1 Å². The monoisotopic (exact) mass is 475 g/mol. The molecular weight excluding hydrogens is 460 g/mol. The van der Waals surface area contributed by atoms with Gasteiger partial charge in [0.25, 0.3) is 5.56 Å². The Morgan fingerprint density at radius 2 is 2.03 bits per heavy atom. The van der Waals surface area contributed by atoms with Gasteiger partial charge in [-0.05, 0) is 18.6 Å². The van der Waals surface area contributed by atoms with Crippen LogP contribution in [0.4, 0.5) is 14.5 Å². The predicted octanol–water partition coefficient (Wildman–Crippen LogP) is 2.80. The lowest BCUT2D eigenvalue weighted by Gasteiger charge is -2.31. The van der Waals surface area contributed by atoms with E-state index >= 15 is 8.78 Å². The second-order valence-corrected chi connectivity index (χ2v) is 8.81. The number of carbonyl (C=O) groups is 1. The number of alkyl halides is 2. The number of ether oxygens (including phenoxy) is 2. The molecule has 0 saturated carbocycles. The summed E-state index contributed by atoms with van der Waals surface area (Å²) in [5.41, 5.74) is 4.05. The molecule has 3 aromatic rings. The molecule has 3 N–H and O–H groups in total. The van der Waals surface area contributed by atoms with Gasteiger partial charge in [-0.3, -0.25) is 4.79 Å². The molecule has 1 aromatic carbocycles. The lowest BCUT2D eigenvalue weighted by Crippen LogP contribution is -2.44. The summed E-state index contributed by atoms with van der Waals surface area (Å²) in [6.45, 7) is 0.175. The van der Waals surface area contributed by atoms with Gasteiger partial charge in [0.15, 0.2) is 18.0 Å². The number of anilines is 1. The Labute approximate surface area is 189 Å². The highest BCUT2D eigenvalue weighted by atomic mass is 35.5. The van der Waals surface area contributed by atoms with Crippen molar-refractivity contribution in [2.75, 3.05) is 12.3 Å². The van der Waals surface area contributed by atoms with Crippen LogP contribution in [0.3, 0.4) is 0 Å². The number of pyridine rings is 2. The lowest BCUT2D eigenvalue weighted by atomic mass is 9.86. The summed E-state index contributed by atoms with van der Waals surface area (Å²) in [5, 5.41) is 11.1. The highest BCUT2D eigenvalue weighted by molar-refractivity contribution is 6.34. The Bertz CT molecular complexity index is 1500. The first-order chi connectivity index (χ1) is 15.6. The number of aromatic nitrogens is 2. The molecule has 8 nitrogen and oxygen atoms in total. The van der Waals surface area contributed by atoms with Crippen LogP contribution in [0.5, 0.6) is 5.75 Å². The third kappa shape index (κ3) is 2.39. The molecule has 0 radical (unpaired) electrons. The van der Waals surface area contributed by atoms with E-state index in [1.165, 1.54) is 16.7 Å². The van der Waals surface area contributed by atoms with Crippen molar-refractivity contribution in [1.82, 2.24) is 9.55 Å². The van der Waals surface area contributed by atoms with E-state index in [-0.39, 0.29) is 80.6 Å². The SMILES string of the molecule is CC[C@@]1(O)C(=O)OCc2c1cc1n(c2=O)Cc2c-1nc1cc(Cl)c(N)c3c1c2C(F)(F)CO3. The van der Waals surface area contributed by atoms with Crippen molar-refractivity contribution in [2.24, 2.45) is 0 Å². The van der Waals surface area contributed by atoms with Crippen molar-refractivity contribution in [3.63, 3.8) is 0 Å². The van der Waals surface area contributed by atoms with Gasteiger partial charge in [-0.25, -0.2) is 9.78 Å². The smallest absolute Gasteiger partial charge is 0.343 e. The van der Waals surface area contributed by atoms with Crippen LogP contribution in [0.2, 0.25) is 5.02 Å². The molecule has 0 fully saturated rings. The molecule has 3 aliphatic heterocycles. The van der Waals surface area contributed by atoms with Crippen molar-refractivity contribution in [3.8, 4) is 17.1 Å². The van der Waals surface area contributed by atoms with Crippen LogP contribution in [-0.4, -0.2) is 27.2 Å². The van der Waals surface area contributed by atoms with Crippen LogP contribution in [0, 0.1) is 0 Å². The number of cyclic esters (lactones) is 1. The molecule has 1 atom stereocenters. The molecule has 3 aliphatic rings. The van der Waals surface area contributed by atoms with E-state index in [9.17, 15) is 14.7 Å². The van der Waals surface area contributed by atoms with Gasteiger partial charge in [-0.1, -0.05) is 18.5 Å². The zero-order valence-corrected chi connectivity index (χ0v) is 17.9. The van der Waals surface area contributed by atoms with Crippen LogP contribution >= 0.6 is 11.6 Å². The van der Waals surface area contributed by atoms with Gasteiger partial charge in [0, 0.05) is 16.7 Å². The number of rotatable bonds is 1. The van der Waals surface area contributed by atoms with E-state index in [1.54, 1.807) is 6.92 Å². The molecule has 2 aromatic heterocycles. The fourth-order valence-electron chi connectivity index (χ4n) is 4.98. The van der Waals surface area contributed by atoms with Crippen LogP contribution in [-0.2, 0) is 34.2 Å². The molecule has 33 heavy (non-hydrogen) atoms. The first-order valence-electron chi connectivity index (χ1n) is 10.2. The summed E-state index contributed by atoms with van der Waals surface area (Å²) in [4.78, 5) is 30.2. The van der Waals surface area contributed by atoms with E-state index in [0.29, 0.717) is 0 Å². The highest BCUT2D eigenvalue weighted by Gasteiger charge is 2.48. The number of nitrogens with two attached hydrogens (primary N) is 1. The van der Waals surface area contributed by atoms with Gasteiger partial charge in [0.1, 0.15) is 6.61 Å². The lowest BCUT2D eigenvalue weighted by molar-refractivity contribution is -0.172. The minimum Gasteiger partial charge on any atom is -0.484 e. The Morgan fingerprint density at radius 1 is 1.27 bits per heavy atom. The number of esters is 1. The standard InChI is InChI=1S/C22H16ClF2N3O5/c1-2-21(31)10-3-13-17-8(5-28(13)19(29)9(10)6-32-20(21)30)15-14-12(27-17)4-11(23)16(26)18(14)33-7-22(15,24)25/h3-4,31H,2,5-7,26H2,1H3/t21-/m0/s1. The molecule has 170 valence electrons. The second kappa shape index (κ2) is 6.21. The van der Waals surface area contributed by atoms with Crippen molar-refractivity contribution >= 4 is 34.2 Å². The van der Waals surface area contributed by atoms with Crippen LogP contribution in [0.1, 0.15) is 35.6 Å². The van der Waals surface area contributed by atoms with Gasteiger partial charge in [0.2, 0.25) is 0 Å². The molecule has 0 aliphatic carbocycles. The van der Waals surface area contributed by atoms with Gasteiger partial charge < -0.3 is 24.9 Å². The van der Waals surface area contributed by atoms with Crippen LogP contribution in [0.15, 0.2) is 16.9 Å². The first-order valence-corrected chi connectivity index (χ1v) is 10.6. The first kappa shape index (κ1) is 20.4. The summed E-state index contributed by atoms with van der Waals surface area (Å²) in [5.74, 6) is -4.19. The van der Waals surface area contributed by atoms with Crippen LogP contribution < -0.4 is 16.0 Å². The van der Waals surface area contributed by atoms with E-state index in [0.717, 1.165) is 0 Å². The van der Waals surface area contributed by atoms with E-state index in [2.05, 4.69) is 4.98 Å². The molecule has 6 rings (SSSR count). The second-order valence-electron chi connectivity index (χ2n) is 8.41. The zero-order chi connectivity index (χ0) is 23.4. The number of nitrogens with zero attached hydrogens (tertiary/aromatic N) is 2. The Hall–Kier alpha value is -3.24. The molecule has 11 heteroatoms. The average molecular weight is 476 g/mol. The number of fused-ring (bicyclic) bond motifs is 5. The van der Waals surface area contributed by atoms with Gasteiger partial charge >= 0.3 is 11.9 Å². The van der Waals surface area contributed by atoms with Crippen molar-refractivity contribution in [1.29, 1.82) is 0 Å². The number of hydrogen-bond donors (Lipinski definition) is 2. The van der Waals surface area contributed by atoms with Crippen molar-refractivity contribution < 1.29 is 28.2 Å². The number of hydrogen-bond acceptors (Lipinski definition) is 7. The number of nitrogen functional groups attached to an aromatic ring is 1. The molecule has 0 unspecified atom stereocenters. The fourth-order valence-corrected chi connectivity index (χ4v) is 5.17. The highest BCUT2D eigenvalue weighted by Crippen LogP contribution is 2.51. The minimum atomic E-state index is -3.37. The topological polar surface area (TPSA) is 117 Å². The Kier molecular flexibility index (Phi) is 3.83. The number of benzene rings is 1. The normalized spacial score (nSPS) is 21.8. The summed E-state index contributed by atoms with van der Waals surface area (Å²) >= 11 is 6.19. The number of carbonyl (C=O) groups excluding carboxylic acids is 1. The van der Waals surface area contributed by atoms with Crippen molar-refractivity contribution in [3.05, 3.63) is 49.8 Å². The maximum absolute atomic E-state index is 15.2. The molecule has 0 amide bonds. The maximum Gasteiger partial charge on any atom is 0.343 e. The van der Waals surface area contributed by atoms with E-state index < -0.39 is 29.7 Å². The molecular formula is C22H16ClF2N3O5. The predicted molar refractivity (Wildman–Crippen MR) is 113 cm³/mol. The summed E-state index contributed by atoms with van der Waals surface area (Å²) in [6.07, 6.45) is -0.0291. The van der Waals surface area contributed by atoms with Gasteiger partial charge in [-0.15, -0.1) is 0 Å². The van der Waals surface area contributed by atoms with Crippen LogP contribution in [0.25, 0.3) is 22.3 Å². The molecule has 5 heterocycles. The summed E-state index contributed by atoms with van der Waals surface area (Å²) in [6, 6.07) is 2.85. The third-order valence-electron chi connectivity index (χ3n) is 6.68. The molecule has 0 spiro atoms. The average Bonchev–Trinajstić information content (AvgIpc) is 3.14. The van der Waals surface area contributed by atoms with Crippen molar-refractivity contribution in [2.45, 2.75) is 38.0 Å². The minimum absolute atomic E-state index is 0.0291.